The molecule has 0 aliphatic heterocycles. The van der Waals surface area contributed by atoms with Crippen LogP contribution in [0.4, 0.5) is 0 Å². The van der Waals surface area contributed by atoms with Crippen molar-refractivity contribution in [1.82, 2.24) is 0 Å². The third-order valence-electron chi connectivity index (χ3n) is 6.69. The van der Waals surface area contributed by atoms with Crippen molar-refractivity contribution in [3.05, 3.63) is 130 Å². The highest BCUT2D eigenvalue weighted by Gasteiger charge is 2.48. The van der Waals surface area contributed by atoms with Gasteiger partial charge in [0, 0.05) is 0 Å². The molecule has 0 heteroatoms. The Morgan fingerprint density at radius 1 is 0.552 bits per heavy atom. The molecule has 0 saturated heterocycles. The number of hydrogen-bond acceptors (Lipinski definition) is 0. The zero-order chi connectivity index (χ0) is 19.4. The molecule has 2 aliphatic rings. The molecule has 1 spiro atoms. The fourth-order valence-electron chi connectivity index (χ4n) is 5.42. The van der Waals surface area contributed by atoms with Crippen molar-refractivity contribution in [3.63, 3.8) is 0 Å². The summed E-state index contributed by atoms with van der Waals surface area (Å²) in [5.41, 5.74) is 12.0. The highest BCUT2D eigenvalue weighted by molar-refractivity contribution is 5.91. The fourth-order valence-corrected chi connectivity index (χ4v) is 5.42. The summed E-state index contributed by atoms with van der Waals surface area (Å²) < 4.78 is 0. The maximum atomic E-state index is 2.45. The maximum absolute atomic E-state index is 2.45. The molecule has 0 atom stereocenters. The smallest absolute Gasteiger partial charge is 0.0619 e. The molecule has 138 valence electrons. The molecule has 0 N–H and O–H groups in total. The molecule has 0 aromatic heterocycles. The second kappa shape index (κ2) is 6.06. The van der Waals surface area contributed by atoms with Gasteiger partial charge in [0.25, 0.3) is 0 Å². The van der Waals surface area contributed by atoms with Crippen molar-refractivity contribution in [2.75, 3.05) is 0 Å². The molecule has 0 heterocycles. The summed E-state index contributed by atoms with van der Waals surface area (Å²) in [7, 11) is 0. The van der Waals surface area contributed by atoms with E-state index in [1.807, 2.05) is 0 Å². The van der Waals surface area contributed by atoms with Gasteiger partial charge in [-0.05, 0) is 56.5 Å². The number of fused-ring (bicyclic) bond motifs is 9. The van der Waals surface area contributed by atoms with Gasteiger partial charge in [0.15, 0.2) is 0 Å². The van der Waals surface area contributed by atoms with Gasteiger partial charge < -0.3 is 0 Å². The number of aryl methyl sites for hydroxylation is 1. The van der Waals surface area contributed by atoms with E-state index in [4.69, 9.17) is 0 Å². The lowest BCUT2D eigenvalue weighted by Gasteiger charge is -2.35. The third kappa shape index (κ3) is 2.09. The summed E-state index contributed by atoms with van der Waals surface area (Å²) in [5, 5.41) is 0. The van der Waals surface area contributed by atoms with Crippen LogP contribution in [-0.2, 0) is 11.8 Å². The minimum Gasteiger partial charge on any atom is -0.0619 e. The summed E-state index contributed by atoms with van der Waals surface area (Å²) in [5.74, 6) is 0. The number of hydrogen-bond donors (Lipinski definition) is 0. The Morgan fingerprint density at radius 2 is 1.10 bits per heavy atom. The van der Waals surface area contributed by atoms with Gasteiger partial charge >= 0.3 is 0 Å². The summed E-state index contributed by atoms with van der Waals surface area (Å²) in [6, 6.07) is 33.9. The average Bonchev–Trinajstić information content (AvgIpc) is 3.00. The average molecular weight is 370 g/mol. The normalized spacial score (nSPS) is 14.7. The van der Waals surface area contributed by atoms with Crippen LogP contribution in [0.2, 0.25) is 0 Å². The monoisotopic (exact) mass is 370 g/mol. The third-order valence-corrected chi connectivity index (χ3v) is 6.69. The Labute approximate surface area is 172 Å². The van der Waals surface area contributed by atoms with Crippen molar-refractivity contribution in [2.24, 2.45) is 0 Å². The highest BCUT2D eigenvalue weighted by atomic mass is 14.5. The Morgan fingerprint density at radius 3 is 1.76 bits per heavy atom. The first-order chi connectivity index (χ1) is 14.3. The molecule has 6 rings (SSSR count). The second-order valence-electron chi connectivity index (χ2n) is 8.04. The van der Waals surface area contributed by atoms with E-state index < -0.39 is 0 Å². The minimum absolute atomic E-state index is 0.284. The van der Waals surface area contributed by atoms with Gasteiger partial charge in [0.05, 0.1) is 5.41 Å². The van der Waals surface area contributed by atoms with Crippen LogP contribution in [0.15, 0.2) is 91.0 Å². The standard InChI is InChI=1S/C29H22/c1-2-20-15-16-22-18-17-21-9-3-6-12-25(21)29(28(22)19-20)26-13-7-4-10-23(26)24-11-5-8-14-27(24)29/h3-19H,2H2,1H3. The highest BCUT2D eigenvalue weighted by Crippen LogP contribution is 2.58. The summed E-state index contributed by atoms with van der Waals surface area (Å²) >= 11 is 0. The molecule has 2 aliphatic carbocycles. The van der Waals surface area contributed by atoms with Crippen molar-refractivity contribution in [3.8, 4) is 11.1 Å². The van der Waals surface area contributed by atoms with Crippen molar-refractivity contribution in [1.29, 1.82) is 0 Å². The van der Waals surface area contributed by atoms with Crippen LogP contribution in [0.3, 0.4) is 0 Å². The quantitative estimate of drug-likeness (QED) is 0.290. The zero-order valence-corrected chi connectivity index (χ0v) is 16.5. The molecule has 0 fully saturated rings. The molecule has 0 amide bonds. The van der Waals surface area contributed by atoms with E-state index in [2.05, 4.69) is 110 Å². The van der Waals surface area contributed by atoms with Gasteiger partial charge in [-0.2, -0.15) is 0 Å². The molecule has 0 saturated carbocycles. The molecular formula is C29H22. The molecule has 0 nitrogen and oxygen atoms in total. The summed E-state index contributed by atoms with van der Waals surface area (Å²) in [4.78, 5) is 0. The van der Waals surface area contributed by atoms with Crippen LogP contribution in [0.1, 0.15) is 45.9 Å². The maximum Gasteiger partial charge on any atom is 0.0725 e. The molecular weight excluding hydrogens is 348 g/mol. The van der Waals surface area contributed by atoms with Crippen molar-refractivity contribution in [2.45, 2.75) is 18.8 Å². The van der Waals surface area contributed by atoms with Gasteiger partial charge in [-0.15, -0.1) is 0 Å². The van der Waals surface area contributed by atoms with E-state index in [1.165, 1.54) is 50.1 Å². The van der Waals surface area contributed by atoms with Crippen molar-refractivity contribution < 1.29 is 0 Å². The topological polar surface area (TPSA) is 0 Å². The Hall–Kier alpha value is -3.38. The van der Waals surface area contributed by atoms with Crippen LogP contribution in [0.5, 0.6) is 0 Å². The van der Waals surface area contributed by atoms with E-state index in [1.54, 1.807) is 0 Å². The molecule has 0 bridgehead atoms. The van der Waals surface area contributed by atoms with E-state index in [0.717, 1.165) is 6.42 Å². The van der Waals surface area contributed by atoms with Gasteiger partial charge in [0.1, 0.15) is 0 Å². The molecule has 29 heavy (non-hydrogen) atoms. The summed E-state index contributed by atoms with van der Waals surface area (Å²) in [6.45, 7) is 2.24. The van der Waals surface area contributed by atoms with Crippen LogP contribution >= 0.6 is 0 Å². The number of rotatable bonds is 1. The molecule has 4 aromatic carbocycles. The Kier molecular flexibility index (Phi) is 3.46. The van der Waals surface area contributed by atoms with Gasteiger partial charge in [0.2, 0.25) is 0 Å². The SMILES string of the molecule is CCc1ccc2c(c1)C1(c3ccccc3C=C2)c2ccccc2-c2ccccc21. The molecule has 0 radical (unpaired) electrons. The van der Waals surface area contributed by atoms with Gasteiger partial charge in [-0.1, -0.05) is 110 Å². The van der Waals surface area contributed by atoms with Crippen molar-refractivity contribution >= 4 is 12.2 Å². The van der Waals surface area contributed by atoms with Gasteiger partial charge in [-0.25, -0.2) is 0 Å². The lowest BCUT2D eigenvalue weighted by Crippen LogP contribution is -2.30. The largest absolute Gasteiger partial charge is 0.0725 e. The van der Waals surface area contributed by atoms with Gasteiger partial charge in [-0.3, -0.25) is 0 Å². The zero-order valence-electron chi connectivity index (χ0n) is 16.5. The van der Waals surface area contributed by atoms with Crippen LogP contribution in [0, 0.1) is 0 Å². The van der Waals surface area contributed by atoms with E-state index in [-0.39, 0.29) is 5.41 Å². The first kappa shape index (κ1) is 16.6. The van der Waals surface area contributed by atoms with Crippen LogP contribution in [0.25, 0.3) is 23.3 Å². The first-order valence-electron chi connectivity index (χ1n) is 10.4. The molecule has 0 unspecified atom stereocenters. The minimum atomic E-state index is -0.284. The summed E-state index contributed by atoms with van der Waals surface area (Å²) in [6.07, 6.45) is 5.63. The van der Waals surface area contributed by atoms with E-state index in [0.29, 0.717) is 0 Å². The van der Waals surface area contributed by atoms with E-state index >= 15 is 0 Å². The first-order valence-corrected chi connectivity index (χ1v) is 10.4. The Balaban J connectivity index is 1.86. The Bertz CT molecular complexity index is 1240. The van der Waals surface area contributed by atoms with E-state index in [9.17, 15) is 0 Å². The number of benzene rings is 4. The lowest BCUT2D eigenvalue weighted by molar-refractivity contribution is 0.764. The second-order valence-corrected chi connectivity index (χ2v) is 8.04. The fraction of sp³-hybridized carbons (Fsp3) is 0.103. The lowest BCUT2D eigenvalue weighted by atomic mass is 9.66. The predicted molar refractivity (Wildman–Crippen MR) is 122 cm³/mol. The van der Waals surface area contributed by atoms with Crippen LogP contribution in [-0.4, -0.2) is 0 Å². The van der Waals surface area contributed by atoms with Crippen LogP contribution < -0.4 is 0 Å². The molecule has 4 aromatic rings. The predicted octanol–water partition coefficient (Wildman–Crippen LogP) is 7.10.